The smallest absolute Gasteiger partial charge is 0.489 e. The van der Waals surface area contributed by atoms with Crippen molar-refractivity contribution in [1.29, 1.82) is 0 Å². The minimum Gasteiger partial charge on any atom is -0.489 e. The van der Waals surface area contributed by atoms with Crippen LogP contribution < -0.4 is 19.9 Å². The molecule has 0 bridgehead atoms. The van der Waals surface area contributed by atoms with Gasteiger partial charge in [-0.25, -0.2) is 4.72 Å². The Kier molecular flexibility index (Phi) is 7.88. The molecule has 0 aromatic heterocycles. The first-order valence-corrected chi connectivity index (χ1v) is 14.3. The molecule has 1 fully saturated rings. The summed E-state index contributed by atoms with van der Waals surface area (Å²) in [5.74, 6) is -0.817. The highest BCUT2D eigenvalue weighted by Gasteiger charge is 2.31. The van der Waals surface area contributed by atoms with E-state index in [-0.39, 0.29) is 29.7 Å². The Bertz CT molecular complexity index is 1460. The molecule has 1 saturated heterocycles. The van der Waals surface area contributed by atoms with E-state index in [9.17, 15) is 31.9 Å². The van der Waals surface area contributed by atoms with E-state index in [2.05, 4.69) is 9.46 Å². The Morgan fingerprint density at radius 2 is 1.66 bits per heavy atom. The van der Waals surface area contributed by atoms with Crippen LogP contribution >= 0.6 is 10.8 Å². The number of halogens is 3. The Labute approximate surface area is 235 Å². The number of benzene rings is 3. The number of hydrogen-bond acceptors (Lipinski definition) is 7. The SMILES string of the molecule is NC(=O)c1cc(-c2ccc3c(c2)CNS3(O)O)ccc1OC1CCN(C(=O)Cc2ccc(OC(F)(F)F)cc2)CC1. The van der Waals surface area contributed by atoms with Crippen LogP contribution in [0, 0.1) is 0 Å². The number of piperidine rings is 1. The lowest BCUT2D eigenvalue weighted by Crippen LogP contribution is -2.42. The summed E-state index contributed by atoms with van der Waals surface area (Å²) < 4.78 is 69.8. The molecule has 0 unspecified atom stereocenters. The Morgan fingerprint density at radius 3 is 2.32 bits per heavy atom. The second-order valence-electron chi connectivity index (χ2n) is 9.83. The predicted octanol–water partition coefficient (Wildman–Crippen LogP) is 5.09. The number of carbonyl (C=O) groups excluding carboxylic acids is 2. The van der Waals surface area contributed by atoms with Crippen molar-refractivity contribution in [3.63, 3.8) is 0 Å². The molecule has 2 heterocycles. The minimum absolute atomic E-state index is 0.0444. The molecule has 0 saturated carbocycles. The van der Waals surface area contributed by atoms with E-state index in [1.807, 2.05) is 6.07 Å². The fourth-order valence-corrected chi connectivity index (χ4v) is 6.20. The van der Waals surface area contributed by atoms with Crippen molar-refractivity contribution in [3.05, 3.63) is 77.4 Å². The van der Waals surface area contributed by atoms with Crippen LogP contribution in [-0.2, 0) is 17.8 Å². The summed E-state index contributed by atoms with van der Waals surface area (Å²) in [5, 5.41) is 0. The van der Waals surface area contributed by atoms with Crippen molar-refractivity contribution in [2.75, 3.05) is 13.1 Å². The van der Waals surface area contributed by atoms with E-state index in [0.717, 1.165) is 16.7 Å². The molecule has 41 heavy (non-hydrogen) atoms. The van der Waals surface area contributed by atoms with Gasteiger partial charge in [-0.1, -0.05) is 24.3 Å². The zero-order chi connectivity index (χ0) is 29.4. The van der Waals surface area contributed by atoms with E-state index in [0.29, 0.717) is 48.7 Å². The lowest BCUT2D eigenvalue weighted by molar-refractivity contribution is -0.274. The van der Waals surface area contributed by atoms with Gasteiger partial charge in [-0.05, 0) is 58.7 Å². The number of nitrogens with two attached hydrogens (primary N) is 1. The van der Waals surface area contributed by atoms with Crippen LogP contribution in [0.1, 0.15) is 34.3 Å². The molecule has 5 N–H and O–H groups in total. The van der Waals surface area contributed by atoms with Gasteiger partial charge in [-0.15, -0.1) is 23.9 Å². The maximum absolute atomic E-state index is 12.8. The number of nitrogens with one attached hydrogen (secondary N) is 1. The molecule has 2 amide bonds. The number of rotatable bonds is 7. The fourth-order valence-electron chi connectivity index (χ4n) is 4.93. The van der Waals surface area contributed by atoms with Gasteiger partial charge in [0.05, 0.1) is 16.9 Å². The number of hydrogen-bond donors (Lipinski definition) is 4. The van der Waals surface area contributed by atoms with Crippen LogP contribution in [-0.4, -0.2) is 51.4 Å². The fraction of sp³-hybridized carbons (Fsp3) is 0.286. The van der Waals surface area contributed by atoms with Crippen LogP contribution in [0.4, 0.5) is 13.2 Å². The first-order chi connectivity index (χ1) is 19.4. The number of amides is 2. The third-order valence-electron chi connectivity index (χ3n) is 7.01. The lowest BCUT2D eigenvalue weighted by atomic mass is 10.00. The highest BCUT2D eigenvalue weighted by molar-refractivity contribution is 8.22. The monoisotopic (exact) mass is 591 g/mol. The highest BCUT2D eigenvalue weighted by atomic mass is 32.3. The van der Waals surface area contributed by atoms with Crippen LogP contribution in [0.5, 0.6) is 11.5 Å². The first kappa shape index (κ1) is 28.7. The molecule has 0 radical (unpaired) electrons. The summed E-state index contributed by atoms with van der Waals surface area (Å²) in [6.07, 6.45) is -3.94. The number of fused-ring (bicyclic) bond motifs is 1. The molecular formula is C28H28F3N3O6S. The Hall–Kier alpha value is -3.78. The summed E-state index contributed by atoms with van der Waals surface area (Å²) in [6.45, 7) is 1.16. The molecule has 0 spiro atoms. The highest BCUT2D eigenvalue weighted by Crippen LogP contribution is 2.51. The molecule has 3 aromatic rings. The Balaban J connectivity index is 1.19. The summed E-state index contributed by atoms with van der Waals surface area (Å²) in [4.78, 5) is 27.2. The van der Waals surface area contributed by atoms with E-state index in [1.54, 1.807) is 35.2 Å². The van der Waals surface area contributed by atoms with Gasteiger partial charge in [0.2, 0.25) is 5.91 Å². The molecule has 9 nitrogen and oxygen atoms in total. The molecule has 3 aromatic carbocycles. The summed E-state index contributed by atoms with van der Waals surface area (Å²) >= 11 is 0. The van der Waals surface area contributed by atoms with E-state index < -0.39 is 23.0 Å². The number of likely N-dealkylation sites (tertiary alicyclic amines) is 1. The third kappa shape index (κ3) is 6.76. The van der Waals surface area contributed by atoms with Crippen LogP contribution in [0.25, 0.3) is 11.1 Å². The van der Waals surface area contributed by atoms with Crippen molar-refractivity contribution in [1.82, 2.24) is 9.62 Å². The average Bonchev–Trinajstić information content (AvgIpc) is 3.23. The number of primary amides is 1. The number of carbonyl (C=O) groups is 2. The van der Waals surface area contributed by atoms with Gasteiger partial charge in [-0.3, -0.25) is 18.7 Å². The standard InChI is InChI=1S/C28H28F3N3O6S/c29-28(30,31)40-22-5-1-17(2-6-22)13-26(35)34-11-9-21(10-12-34)39-24-7-3-19(15-23(24)27(32)36)18-4-8-25-20(14-18)16-33-41(25,37)38/h1-8,14-15,21,33,37-38H,9-13,16H2,(H2,32,36). The summed E-state index contributed by atoms with van der Waals surface area (Å²) in [7, 11) is -2.99. The van der Waals surface area contributed by atoms with E-state index in [4.69, 9.17) is 10.5 Å². The van der Waals surface area contributed by atoms with Crippen molar-refractivity contribution in [2.45, 2.75) is 43.2 Å². The second-order valence-corrected chi connectivity index (χ2v) is 11.7. The molecule has 218 valence electrons. The average molecular weight is 592 g/mol. The van der Waals surface area contributed by atoms with Crippen LogP contribution in [0.2, 0.25) is 0 Å². The minimum atomic E-state index is -4.78. The van der Waals surface area contributed by atoms with Gasteiger partial charge in [0, 0.05) is 32.5 Å². The van der Waals surface area contributed by atoms with Crippen molar-refractivity contribution in [2.24, 2.45) is 5.73 Å². The van der Waals surface area contributed by atoms with Gasteiger partial charge in [0.15, 0.2) is 0 Å². The van der Waals surface area contributed by atoms with Crippen LogP contribution in [0.15, 0.2) is 65.6 Å². The molecular weight excluding hydrogens is 563 g/mol. The molecule has 0 aliphatic carbocycles. The maximum atomic E-state index is 12.8. The third-order valence-corrected chi connectivity index (χ3v) is 8.57. The maximum Gasteiger partial charge on any atom is 0.573 e. The van der Waals surface area contributed by atoms with Crippen LogP contribution in [0.3, 0.4) is 0 Å². The topological polar surface area (TPSA) is 134 Å². The summed E-state index contributed by atoms with van der Waals surface area (Å²) in [6, 6.07) is 15.6. The lowest BCUT2D eigenvalue weighted by Gasteiger charge is -2.32. The molecule has 13 heteroatoms. The second kappa shape index (κ2) is 11.2. The summed E-state index contributed by atoms with van der Waals surface area (Å²) in [5.41, 5.74) is 8.70. The van der Waals surface area contributed by atoms with E-state index >= 15 is 0 Å². The number of nitrogens with zero attached hydrogens (tertiary/aromatic N) is 1. The quantitative estimate of drug-likeness (QED) is 0.301. The first-order valence-electron chi connectivity index (χ1n) is 12.8. The molecule has 0 atom stereocenters. The van der Waals surface area contributed by atoms with Gasteiger partial charge in [0.25, 0.3) is 5.91 Å². The van der Waals surface area contributed by atoms with Crippen molar-refractivity contribution in [3.8, 4) is 22.6 Å². The normalized spacial score (nSPS) is 17.5. The van der Waals surface area contributed by atoms with Gasteiger partial charge in [0.1, 0.15) is 17.6 Å². The number of alkyl halides is 3. The van der Waals surface area contributed by atoms with Gasteiger partial charge < -0.3 is 20.1 Å². The van der Waals surface area contributed by atoms with E-state index in [1.165, 1.54) is 24.3 Å². The zero-order valence-corrected chi connectivity index (χ0v) is 22.5. The van der Waals surface area contributed by atoms with Crippen molar-refractivity contribution >= 4 is 22.6 Å². The Morgan fingerprint density at radius 1 is 1.00 bits per heavy atom. The zero-order valence-electron chi connectivity index (χ0n) is 21.7. The van der Waals surface area contributed by atoms with Gasteiger partial charge >= 0.3 is 6.36 Å². The molecule has 2 aliphatic heterocycles. The number of ether oxygens (including phenoxy) is 2. The molecule has 2 aliphatic rings. The molecule has 5 rings (SSSR count). The van der Waals surface area contributed by atoms with Crippen molar-refractivity contribution < 1.29 is 41.3 Å². The predicted molar refractivity (Wildman–Crippen MR) is 145 cm³/mol. The van der Waals surface area contributed by atoms with Gasteiger partial charge in [-0.2, -0.15) is 0 Å². The largest absolute Gasteiger partial charge is 0.573 e.